The maximum atomic E-state index is 12.3. The molecule has 0 fully saturated rings. The van der Waals surface area contributed by atoms with Gasteiger partial charge in [0.05, 0.1) is 11.3 Å². The number of aryl methyl sites for hydroxylation is 1. The van der Waals surface area contributed by atoms with E-state index in [2.05, 4.69) is 23.9 Å². The van der Waals surface area contributed by atoms with Gasteiger partial charge in [0.25, 0.3) is 0 Å². The van der Waals surface area contributed by atoms with Gasteiger partial charge in [-0.15, -0.1) is 0 Å². The molecule has 2 rings (SSSR count). The number of carbonyl (C=O) groups excluding carboxylic acids is 1. The second kappa shape index (κ2) is 5.82. The molecule has 0 aromatic carbocycles. The summed E-state index contributed by atoms with van der Waals surface area (Å²) in [5.74, 6) is -0.0178. The van der Waals surface area contributed by atoms with Crippen molar-refractivity contribution in [2.24, 2.45) is 0 Å². The van der Waals surface area contributed by atoms with E-state index < -0.39 is 0 Å². The lowest BCUT2D eigenvalue weighted by atomic mass is 10.1. The van der Waals surface area contributed by atoms with Gasteiger partial charge in [0.1, 0.15) is 0 Å². The summed E-state index contributed by atoms with van der Waals surface area (Å²) in [6, 6.07) is 4.00. The molecular weight excluding hydrogens is 250 g/mol. The largest absolute Gasteiger partial charge is 0.289 e. The highest BCUT2D eigenvalue weighted by atomic mass is 16.1. The van der Waals surface area contributed by atoms with Gasteiger partial charge in [-0.2, -0.15) is 5.10 Å². The van der Waals surface area contributed by atoms with Crippen LogP contribution in [-0.4, -0.2) is 20.5 Å². The van der Waals surface area contributed by atoms with E-state index in [-0.39, 0.29) is 11.8 Å². The first-order valence-corrected chi connectivity index (χ1v) is 6.69. The number of hydrogen-bond donors (Lipinski definition) is 0. The monoisotopic (exact) mass is 269 g/mol. The summed E-state index contributed by atoms with van der Waals surface area (Å²) in [7, 11) is 0. The van der Waals surface area contributed by atoms with Crippen LogP contribution in [0.25, 0.3) is 6.08 Å². The highest BCUT2D eigenvalue weighted by Crippen LogP contribution is 2.18. The van der Waals surface area contributed by atoms with Crippen LogP contribution in [0.15, 0.2) is 30.6 Å². The van der Waals surface area contributed by atoms with Crippen LogP contribution in [0.5, 0.6) is 0 Å². The van der Waals surface area contributed by atoms with E-state index in [9.17, 15) is 4.79 Å². The molecule has 0 bridgehead atoms. The Bertz CT molecular complexity index is 639. The minimum absolute atomic E-state index is 0.0178. The molecule has 0 amide bonds. The van der Waals surface area contributed by atoms with Crippen LogP contribution in [-0.2, 0) is 0 Å². The van der Waals surface area contributed by atoms with Crippen LogP contribution in [0.2, 0.25) is 0 Å². The summed E-state index contributed by atoms with van der Waals surface area (Å²) in [5, 5.41) is 4.44. The minimum Gasteiger partial charge on any atom is -0.289 e. The first-order valence-electron chi connectivity index (χ1n) is 6.69. The Morgan fingerprint density at radius 1 is 1.35 bits per heavy atom. The van der Waals surface area contributed by atoms with Crippen molar-refractivity contribution >= 4 is 11.9 Å². The zero-order chi connectivity index (χ0) is 14.7. The van der Waals surface area contributed by atoms with E-state index in [1.54, 1.807) is 24.5 Å². The smallest absolute Gasteiger partial charge is 0.189 e. The Kier molecular flexibility index (Phi) is 4.13. The average Bonchev–Trinajstić information content (AvgIpc) is 2.73. The van der Waals surface area contributed by atoms with Crippen LogP contribution in [0.4, 0.5) is 0 Å². The number of allylic oxidation sites excluding steroid dienone is 1. The molecule has 0 saturated carbocycles. The lowest BCUT2D eigenvalue weighted by Crippen LogP contribution is -2.06. The van der Waals surface area contributed by atoms with Gasteiger partial charge in [0, 0.05) is 24.1 Å². The van der Waals surface area contributed by atoms with Crippen LogP contribution < -0.4 is 0 Å². The Labute approximate surface area is 119 Å². The number of carbonyl (C=O) groups is 1. The van der Waals surface area contributed by atoms with E-state index in [4.69, 9.17) is 0 Å². The summed E-state index contributed by atoms with van der Waals surface area (Å²) in [4.78, 5) is 16.4. The standard InChI is InChI=1S/C16H19N3O/c1-11(2)19-13(4)16(12(3)18-19)15(20)8-7-14-6-5-9-17-10-14/h5-11H,1-4H3/b8-7-. The molecule has 2 aromatic rings. The van der Waals surface area contributed by atoms with Crippen molar-refractivity contribution in [1.29, 1.82) is 0 Å². The molecule has 2 heterocycles. The third-order valence-corrected chi connectivity index (χ3v) is 3.17. The third kappa shape index (κ3) is 2.85. The van der Waals surface area contributed by atoms with Crippen LogP contribution >= 0.6 is 0 Å². The molecule has 0 atom stereocenters. The van der Waals surface area contributed by atoms with Crippen LogP contribution in [0.3, 0.4) is 0 Å². The Hall–Kier alpha value is -2.23. The zero-order valence-corrected chi connectivity index (χ0v) is 12.3. The lowest BCUT2D eigenvalue weighted by molar-refractivity contribution is 0.104. The molecule has 0 saturated heterocycles. The van der Waals surface area contributed by atoms with Gasteiger partial charge in [-0.3, -0.25) is 14.5 Å². The Morgan fingerprint density at radius 2 is 2.10 bits per heavy atom. The third-order valence-electron chi connectivity index (χ3n) is 3.17. The van der Waals surface area contributed by atoms with Crippen molar-refractivity contribution in [3.63, 3.8) is 0 Å². The van der Waals surface area contributed by atoms with Crippen molar-refractivity contribution in [2.45, 2.75) is 33.7 Å². The van der Waals surface area contributed by atoms with Crippen molar-refractivity contribution in [3.05, 3.63) is 53.1 Å². The molecule has 0 aliphatic heterocycles. The van der Waals surface area contributed by atoms with Crippen LogP contribution in [0, 0.1) is 13.8 Å². The molecule has 0 unspecified atom stereocenters. The number of aromatic nitrogens is 3. The van der Waals surface area contributed by atoms with Crippen LogP contribution in [0.1, 0.15) is 47.2 Å². The molecule has 0 aliphatic rings. The SMILES string of the molecule is Cc1nn(C(C)C)c(C)c1C(=O)/C=C\c1cccnc1. The number of nitrogens with zero attached hydrogens (tertiary/aromatic N) is 3. The van der Waals surface area contributed by atoms with Gasteiger partial charge in [-0.1, -0.05) is 6.07 Å². The fraction of sp³-hybridized carbons (Fsp3) is 0.312. The van der Waals surface area contributed by atoms with Gasteiger partial charge in [-0.25, -0.2) is 0 Å². The molecule has 104 valence electrons. The maximum Gasteiger partial charge on any atom is 0.189 e. The van der Waals surface area contributed by atoms with E-state index in [0.717, 1.165) is 17.0 Å². The number of hydrogen-bond acceptors (Lipinski definition) is 3. The second-order valence-electron chi connectivity index (χ2n) is 5.07. The summed E-state index contributed by atoms with van der Waals surface area (Å²) >= 11 is 0. The summed E-state index contributed by atoms with van der Waals surface area (Å²) in [6.45, 7) is 7.92. The predicted octanol–water partition coefficient (Wildman–Crippen LogP) is 3.37. The summed E-state index contributed by atoms with van der Waals surface area (Å²) in [5.41, 5.74) is 3.29. The van der Waals surface area contributed by atoms with Crippen molar-refractivity contribution in [3.8, 4) is 0 Å². The Morgan fingerprint density at radius 3 is 2.65 bits per heavy atom. The molecule has 2 aromatic heterocycles. The molecule has 20 heavy (non-hydrogen) atoms. The van der Waals surface area contributed by atoms with Gasteiger partial charge >= 0.3 is 0 Å². The molecule has 0 spiro atoms. The van der Waals surface area contributed by atoms with Crippen molar-refractivity contribution in [1.82, 2.24) is 14.8 Å². The normalized spacial score (nSPS) is 11.4. The molecule has 0 N–H and O–H groups in total. The first kappa shape index (κ1) is 14.2. The average molecular weight is 269 g/mol. The number of ketones is 1. The Balaban J connectivity index is 2.28. The minimum atomic E-state index is -0.0178. The molecule has 0 radical (unpaired) electrons. The highest BCUT2D eigenvalue weighted by Gasteiger charge is 2.17. The molecular formula is C16H19N3O. The topological polar surface area (TPSA) is 47.8 Å². The second-order valence-corrected chi connectivity index (χ2v) is 5.07. The highest BCUT2D eigenvalue weighted by molar-refractivity contribution is 6.08. The number of pyridine rings is 1. The van der Waals surface area contributed by atoms with Gasteiger partial charge < -0.3 is 0 Å². The first-order chi connectivity index (χ1) is 9.50. The van der Waals surface area contributed by atoms with E-state index in [0.29, 0.717) is 5.56 Å². The van der Waals surface area contributed by atoms with Gasteiger partial charge in [-0.05, 0) is 51.5 Å². The van der Waals surface area contributed by atoms with Gasteiger partial charge in [0.2, 0.25) is 0 Å². The molecule has 0 aliphatic carbocycles. The van der Waals surface area contributed by atoms with E-state index in [1.807, 2.05) is 30.7 Å². The van der Waals surface area contributed by atoms with E-state index >= 15 is 0 Å². The quantitative estimate of drug-likeness (QED) is 0.631. The fourth-order valence-corrected chi connectivity index (χ4v) is 2.25. The zero-order valence-electron chi connectivity index (χ0n) is 12.3. The predicted molar refractivity (Wildman–Crippen MR) is 79.7 cm³/mol. The number of rotatable bonds is 4. The van der Waals surface area contributed by atoms with Gasteiger partial charge in [0.15, 0.2) is 5.78 Å². The fourth-order valence-electron chi connectivity index (χ4n) is 2.25. The lowest BCUT2D eigenvalue weighted by Gasteiger charge is -2.07. The molecule has 4 heteroatoms. The van der Waals surface area contributed by atoms with Crippen molar-refractivity contribution < 1.29 is 4.79 Å². The maximum absolute atomic E-state index is 12.3. The summed E-state index contributed by atoms with van der Waals surface area (Å²) in [6.07, 6.45) is 6.79. The molecule has 4 nitrogen and oxygen atoms in total. The summed E-state index contributed by atoms with van der Waals surface area (Å²) < 4.78 is 1.89. The van der Waals surface area contributed by atoms with Crippen molar-refractivity contribution in [2.75, 3.05) is 0 Å². The van der Waals surface area contributed by atoms with E-state index in [1.165, 1.54) is 0 Å².